The molecule has 8 heteroatoms. The van der Waals surface area contributed by atoms with E-state index in [1.165, 1.54) is 15.8 Å². The quantitative estimate of drug-likeness (QED) is 0.885. The minimum Gasteiger partial charge on any atom is -0.480 e. The summed E-state index contributed by atoms with van der Waals surface area (Å²) in [5.41, 5.74) is 2.00. The van der Waals surface area contributed by atoms with E-state index >= 15 is 0 Å². The number of aryl methyl sites for hydroxylation is 1. The predicted octanol–water partition coefficient (Wildman–Crippen LogP) is 0.501. The van der Waals surface area contributed by atoms with Crippen LogP contribution in [-0.2, 0) is 9.53 Å². The molecule has 1 aliphatic rings. The van der Waals surface area contributed by atoms with Crippen molar-refractivity contribution in [2.45, 2.75) is 13.0 Å². The molecule has 1 fully saturated rings. The first-order chi connectivity index (χ1) is 11.1. The summed E-state index contributed by atoms with van der Waals surface area (Å²) in [6.45, 7) is 2.48. The Balaban J connectivity index is 1.83. The number of carbonyl (C=O) groups is 2. The Labute approximate surface area is 132 Å². The molecule has 0 radical (unpaired) electrons. The second kappa shape index (κ2) is 6.17. The molecule has 0 bridgehead atoms. The van der Waals surface area contributed by atoms with Gasteiger partial charge in [-0.05, 0) is 19.1 Å². The number of carboxylic acids is 1. The van der Waals surface area contributed by atoms with Gasteiger partial charge >= 0.3 is 5.97 Å². The highest BCUT2D eigenvalue weighted by Gasteiger charge is 2.34. The summed E-state index contributed by atoms with van der Waals surface area (Å²) < 4.78 is 6.62. The lowest BCUT2D eigenvalue weighted by molar-refractivity contribution is -0.147. The molecule has 1 N–H and O–H groups in total. The number of carboxylic acid groups (broad SMARTS) is 1. The number of aliphatic carboxylic acids is 1. The summed E-state index contributed by atoms with van der Waals surface area (Å²) in [5, 5.41) is 17.0. The molecule has 1 aliphatic heterocycles. The maximum absolute atomic E-state index is 12.5. The summed E-state index contributed by atoms with van der Waals surface area (Å²) >= 11 is 0. The first kappa shape index (κ1) is 15.2. The Morgan fingerprint density at radius 1 is 1.30 bits per heavy atom. The second-order valence-electron chi connectivity index (χ2n) is 5.31. The summed E-state index contributed by atoms with van der Waals surface area (Å²) in [4.78, 5) is 25.0. The van der Waals surface area contributed by atoms with Crippen LogP contribution in [0.2, 0.25) is 0 Å². The zero-order valence-electron chi connectivity index (χ0n) is 12.5. The summed E-state index contributed by atoms with van der Waals surface area (Å²) in [6, 6.07) is 6.60. The second-order valence-corrected chi connectivity index (χ2v) is 5.31. The normalized spacial score (nSPS) is 18.0. The van der Waals surface area contributed by atoms with Crippen LogP contribution in [0.1, 0.15) is 16.1 Å². The van der Waals surface area contributed by atoms with Gasteiger partial charge in [0.1, 0.15) is 0 Å². The van der Waals surface area contributed by atoms with E-state index in [0.717, 1.165) is 11.3 Å². The third-order valence-corrected chi connectivity index (χ3v) is 3.69. The molecule has 1 unspecified atom stereocenters. The molecule has 8 nitrogen and oxygen atoms in total. The standard InChI is InChI=1S/C15H16N4O4/c1-10-2-4-11(5-3-10)19-8-12(16-17-19)14(20)18-6-7-23-9-13(18)15(21)22/h2-5,8,13H,6-7,9H2,1H3,(H,21,22). The molecule has 0 spiro atoms. The van der Waals surface area contributed by atoms with E-state index in [9.17, 15) is 14.7 Å². The van der Waals surface area contributed by atoms with Crippen LogP contribution in [-0.4, -0.2) is 62.7 Å². The Morgan fingerprint density at radius 3 is 2.74 bits per heavy atom. The van der Waals surface area contributed by atoms with Crippen LogP contribution in [0.5, 0.6) is 0 Å². The van der Waals surface area contributed by atoms with E-state index in [4.69, 9.17) is 4.74 Å². The van der Waals surface area contributed by atoms with E-state index in [2.05, 4.69) is 10.3 Å². The fourth-order valence-electron chi connectivity index (χ4n) is 2.38. The van der Waals surface area contributed by atoms with Crippen LogP contribution in [0.25, 0.3) is 5.69 Å². The molecule has 3 rings (SSSR count). The molecule has 120 valence electrons. The molecular formula is C15H16N4O4. The van der Waals surface area contributed by atoms with Crippen LogP contribution in [0.15, 0.2) is 30.5 Å². The highest BCUT2D eigenvalue weighted by Crippen LogP contribution is 2.13. The number of morpholine rings is 1. The number of amides is 1. The van der Waals surface area contributed by atoms with Crippen molar-refractivity contribution in [3.8, 4) is 5.69 Å². The minimum absolute atomic E-state index is 0.0207. The van der Waals surface area contributed by atoms with Gasteiger partial charge in [0.2, 0.25) is 0 Å². The van der Waals surface area contributed by atoms with Gasteiger partial charge in [0.05, 0.1) is 25.1 Å². The average Bonchev–Trinajstić information content (AvgIpc) is 3.04. The lowest BCUT2D eigenvalue weighted by atomic mass is 10.2. The van der Waals surface area contributed by atoms with Gasteiger partial charge in [-0.1, -0.05) is 22.9 Å². The smallest absolute Gasteiger partial charge is 0.328 e. The van der Waals surface area contributed by atoms with Crippen LogP contribution >= 0.6 is 0 Å². The largest absolute Gasteiger partial charge is 0.480 e. The van der Waals surface area contributed by atoms with Crippen molar-refractivity contribution in [2.24, 2.45) is 0 Å². The lowest BCUT2D eigenvalue weighted by Gasteiger charge is -2.32. The zero-order valence-corrected chi connectivity index (χ0v) is 12.5. The van der Waals surface area contributed by atoms with Crippen LogP contribution in [0.4, 0.5) is 0 Å². The number of nitrogens with zero attached hydrogens (tertiary/aromatic N) is 4. The molecule has 0 saturated carbocycles. The van der Waals surface area contributed by atoms with E-state index in [1.54, 1.807) is 0 Å². The van der Waals surface area contributed by atoms with Gasteiger partial charge in [0.25, 0.3) is 5.91 Å². The molecule has 1 aromatic carbocycles. The van der Waals surface area contributed by atoms with Gasteiger partial charge in [-0.3, -0.25) is 4.79 Å². The summed E-state index contributed by atoms with van der Waals surface area (Å²) in [5.74, 6) is -1.55. The molecule has 1 saturated heterocycles. The number of ether oxygens (including phenoxy) is 1. The Morgan fingerprint density at radius 2 is 2.04 bits per heavy atom. The number of carbonyl (C=O) groups excluding carboxylic acids is 1. The van der Waals surface area contributed by atoms with Crippen molar-refractivity contribution < 1.29 is 19.4 Å². The molecule has 2 heterocycles. The van der Waals surface area contributed by atoms with Crippen molar-refractivity contribution in [3.05, 3.63) is 41.7 Å². The number of hydrogen-bond donors (Lipinski definition) is 1. The number of hydrogen-bond acceptors (Lipinski definition) is 5. The number of benzene rings is 1. The van der Waals surface area contributed by atoms with E-state index < -0.39 is 17.9 Å². The molecule has 1 atom stereocenters. The maximum atomic E-state index is 12.5. The molecule has 0 aliphatic carbocycles. The summed E-state index contributed by atoms with van der Waals surface area (Å²) in [7, 11) is 0. The molecular weight excluding hydrogens is 300 g/mol. The van der Waals surface area contributed by atoms with Crippen LogP contribution in [0.3, 0.4) is 0 Å². The van der Waals surface area contributed by atoms with Crippen molar-refractivity contribution in [1.29, 1.82) is 0 Å². The van der Waals surface area contributed by atoms with Crippen LogP contribution < -0.4 is 0 Å². The first-order valence-corrected chi connectivity index (χ1v) is 7.17. The molecule has 1 amide bonds. The maximum Gasteiger partial charge on any atom is 0.328 e. The van der Waals surface area contributed by atoms with E-state index in [0.29, 0.717) is 6.61 Å². The monoisotopic (exact) mass is 316 g/mol. The third kappa shape index (κ3) is 3.07. The van der Waals surface area contributed by atoms with Crippen molar-refractivity contribution >= 4 is 11.9 Å². The van der Waals surface area contributed by atoms with Gasteiger partial charge < -0.3 is 14.7 Å². The number of rotatable bonds is 3. The van der Waals surface area contributed by atoms with Gasteiger partial charge in [-0.15, -0.1) is 5.10 Å². The Kier molecular flexibility index (Phi) is 4.07. The Hall–Kier alpha value is -2.74. The van der Waals surface area contributed by atoms with Gasteiger partial charge in [0.15, 0.2) is 11.7 Å². The van der Waals surface area contributed by atoms with E-state index in [-0.39, 0.29) is 18.8 Å². The van der Waals surface area contributed by atoms with Crippen LogP contribution in [0, 0.1) is 6.92 Å². The average molecular weight is 316 g/mol. The SMILES string of the molecule is Cc1ccc(-n2cc(C(=O)N3CCOCC3C(=O)O)nn2)cc1. The summed E-state index contributed by atoms with van der Waals surface area (Å²) in [6.07, 6.45) is 1.50. The topological polar surface area (TPSA) is 97.5 Å². The third-order valence-electron chi connectivity index (χ3n) is 3.69. The van der Waals surface area contributed by atoms with E-state index in [1.807, 2.05) is 31.2 Å². The number of aromatic nitrogens is 3. The minimum atomic E-state index is -1.09. The van der Waals surface area contributed by atoms with Gasteiger partial charge in [0, 0.05) is 6.54 Å². The van der Waals surface area contributed by atoms with Crippen molar-refractivity contribution in [1.82, 2.24) is 19.9 Å². The highest BCUT2D eigenvalue weighted by atomic mass is 16.5. The molecule has 2 aromatic rings. The highest BCUT2D eigenvalue weighted by molar-refractivity contribution is 5.95. The molecule has 23 heavy (non-hydrogen) atoms. The first-order valence-electron chi connectivity index (χ1n) is 7.17. The zero-order chi connectivity index (χ0) is 16.4. The molecule has 1 aromatic heterocycles. The Bertz CT molecular complexity index is 725. The van der Waals surface area contributed by atoms with Gasteiger partial charge in [-0.25, -0.2) is 9.48 Å². The van der Waals surface area contributed by atoms with Gasteiger partial charge in [-0.2, -0.15) is 0 Å². The van der Waals surface area contributed by atoms with Crippen molar-refractivity contribution in [3.63, 3.8) is 0 Å². The van der Waals surface area contributed by atoms with Crippen molar-refractivity contribution in [2.75, 3.05) is 19.8 Å². The lowest BCUT2D eigenvalue weighted by Crippen LogP contribution is -2.52. The fraction of sp³-hybridized carbons (Fsp3) is 0.333. The fourth-order valence-corrected chi connectivity index (χ4v) is 2.38. The predicted molar refractivity (Wildman–Crippen MR) is 79.4 cm³/mol.